The van der Waals surface area contributed by atoms with Gasteiger partial charge in [0.15, 0.2) is 0 Å². The summed E-state index contributed by atoms with van der Waals surface area (Å²) in [6.45, 7) is 2.10. The van der Waals surface area contributed by atoms with E-state index in [1.165, 1.54) is 0 Å². The molecule has 1 fully saturated rings. The molecule has 1 aliphatic heterocycles. The van der Waals surface area contributed by atoms with E-state index in [9.17, 15) is 4.79 Å². The van der Waals surface area contributed by atoms with Crippen molar-refractivity contribution in [3.05, 3.63) is 22.7 Å². The molecule has 4 nitrogen and oxygen atoms in total. The summed E-state index contributed by atoms with van der Waals surface area (Å²) in [6.07, 6.45) is 2.13. The molecule has 2 rings (SSSR count). The average Bonchev–Trinajstić information content (AvgIpc) is 2.43. The zero-order valence-corrected chi connectivity index (χ0v) is 13.0. The summed E-state index contributed by atoms with van der Waals surface area (Å²) in [5.74, 6) is 1.85. The van der Waals surface area contributed by atoms with Crippen LogP contribution in [0.1, 0.15) is 30.1 Å². The topological polar surface area (TPSA) is 64.3 Å². The monoisotopic (exact) mass is 314 g/mol. The van der Waals surface area contributed by atoms with Gasteiger partial charge >= 0.3 is 5.97 Å². The number of esters is 1. The van der Waals surface area contributed by atoms with Gasteiger partial charge in [-0.25, -0.2) is 4.79 Å². The van der Waals surface area contributed by atoms with Gasteiger partial charge < -0.3 is 15.8 Å². The second-order valence-electron chi connectivity index (χ2n) is 4.68. The van der Waals surface area contributed by atoms with Crippen LogP contribution in [0.3, 0.4) is 0 Å². The van der Waals surface area contributed by atoms with Gasteiger partial charge in [-0.15, -0.1) is 0 Å². The van der Waals surface area contributed by atoms with Crippen molar-refractivity contribution in [1.82, 2.24) is 0 Å². The number of thioether (sulfide) groups is 1. The fourth-order valence-electron chi connectivity index (χ4n) is 2.19. The van der Waals surface area contributed by atoms with E-state index in [0.29, 0.717) is 34.6 Å². The molecule has 1 saturated heterocycles. The van der Waals surface area contributed by atoms with E-state index in [1.54, 1.807) is 19.1 Å². The molecule has 0 aromatic heterocycles. The van der Waals surface area contributed by atoms with Crippen LogP contribution in [0, 0.1) is 0 Å². The lowest BCUT2D eigenvalue weighted by atomic mass is 10.1. The number of hydrogen-bond donors (Lipinski definition) is 2. The number of nitrogens with one attached hydrogen (secondary N) is 1. The molecule has 0 radical (unpaired) electrons. The normalized spacial score (nSPS) is 15.9. The molecule has 1 aromatic rings. The number of carbonyl (C=O) groups is 1. The third-order valence-corrected chi connectivity index (χ3v) is 4.52. The van der Waals surface area contributed by atoms with Crippen molar-refractivity contribution in [3.63, 3.8) is 0 Å². The zero-order chi connectivity index (χ0) is 14.5. The van der Waals surface area contributed by atoms with Crippen LogP contribution in [-0.2, 0) is 4.74 Å². The van der Waals surface area contributed by atoms with Crippen molar-refractivity contribution in [3.8, 4) is 0 Å². The highest BCUT2D eigenvalue weighted by atomic mass is 35.5. The molecule has 0 bridgehead atoms. The number of halogens is 1. The quantitative estimate of drug-likeness (QED) is 0.658. The molecule has 3 N–H and O–H groups in total. The Morgan fingerprint density at radius 2 is 2.20 bits per heavy atom. The Morgan fingerprint density at radius 3 is 2.85 bits per heavy atom. The number of rotatable bonds is 4. The maximum absolute atomic E-state index is 12.0. The largest absolute Gasteiger partial charge is 0.462 e. The van der Waals surface area contributed by atoms with E-state index < -0.39 is 5.97 Å². The summed E-state index contributed by atoms with van der Waals surface area (Å²) in [4.78, 5) is 12.0. The van der Waals surface area contributed by atoms with Crippen LogP contribution < -0.4 is 11.1 Å². The summed E-state index contributed by atoms with van der Waals surface area (Å²) in [6, 6.07) is 3.61. The van der Waals surface area contributed by atoms with E-state index in [4.69, 9.17) is 22.1 Å². The molecule has 0 atom stereocenters. The molecule has 110 valence electrons. The van der Waals surface area contributed by atoms with Gasteiger partial charge in [0.2, 0.25) is 0 Å². The molecule has 1 heterocycles. The molecule has 0 saturated carbocycles. The first-order valence-corrected chi connectivity index (χ1v) is 8.25. The second kappa shape index (κ2) is 7.09. The van der Waals surface area contributed by atoms with Crippen molar-refractivity contribution in [2.75, 3.05) is 29.2 Å². The van der Waals surface area contributed by atoms with Gasteiger partial charge in [-0.05, 0) is 43.4 Å². The molecule has 6 heteroatoms. The molecular formula is C14H19ClN2O2S. The van der Waals surface area contributed by atoms with Crippen LogP contribution in [0.25, 0.3) is 0 Å². The Bertz CT molecular complexity index is 490. The van der Waals surface area contributed by atoms with Gasteiger partial charge in [0.1, 0.15) is 0 Å². The van der Waals surface area contributed by atoms with Crippen molar-refractivity contribution >= 4 is 40.7 Å². The Labute approximate surface area is 128 Å². The molecule has 20 heavy (non-hydrogen) atoms. The van der Waals surface area contributed by atoms with Crippen LogP contribution in [0.5, 0.6) is 0 Å². The maximum Gasteiger partial charge on any atom is 0.340 e. The van der Waals surface area contributed by atoms with Gasteiger partial charge in [-0.1, -0.05) is 11.6 Å². The smallest absolute Gasteiger partial charge is 0.340 e. The molecule has 0 amide bonds. The van der Waals surface area contributed by atoms with Crippen molar-refractivity contribution in [2.45, 2.75) is 25.8 Å². The number of anilines is 2. The number of nitrogen functional groups attached to an aromatic ring is 1. The summed E-state index contributed by atoms with van der Waals surface area (Å²) >= 11 is 8.19. The number of carbonyl (C=O) groups excluding carboxylic acids is 1. The first kappa shape index (κ1) is 15.3. The van der Waals surface area contributed by atoms with Crippen LogP contribution >= 0.6 is 23.4 Å². The van der Waals surface area contributed by atoms with Crippen molar-refractivity contribution in [2.24, 2.45) is 0 Å². The van der Waals surface area contributed by atoms with Gasteiger partial charge in [0.05, 0.1) is 22.9 Å². The van der Waals surface area contributed by atoms with E-state index in [-0.39, 0.29) is 0 Å². The number of hydrogen-bond acceptors (Lipinski definition) is 5. The first-order valence-electron chi connectivity index (χ1n) is 6.72. The van der Waals surface area contributed by atoms with Gasteiger partial charge in [0.25, 0.3) is 0 Å². The van der Waals surface area contributed by atoms with E-state index in [2.05, 4.69) is 5.32 Å². The van der Waals surface area contributed by atoms with E-state index in [0.717, 1.165) is 24.3 Å². The average molecular weight is 315 g/mol. The molecule has 1 aromatic carbocycles. The molecule has 0 spiro atoms. The number of ether oxygens (including phenoxy) is 1. The molecule has 0 aliphatic carbocycles. The van der Waals surface area contributed by atoms with Crippen molar-refractivity contribution in [1.29, 1.82) is 0 Å². The Hall–Kier alpha value is -1.07. The minimum atomic E-state index is -0.394. The third-order valence-electron chi connectivity index (χ3n) is 3.18. The standard InChI is InChI=1S/C14H19ClN2O2S/c1-2-19-14(18)11-7-9(16)8-12(15)13(11)17-10-3-5-20-6-4-10/h7-8,10,17H,2-6,16H2,1H3. The van der Waals surface area contributed by atoms with Gasteiger partial charge in [-0.2, -0.15) is 11.8 Å². The minimum absolute atomic E-state index is 0.324. The second-order valence-corrected chi connectivity index (χ2v) is 6.31. The van der Waals surface area contributed by atoms with Crippen LogP contribution in [-0.4, -0.2) is 30.1 Å². The minimum Gasteiger partial charge on any atom is -0.462 e. The summed E-state index contributed by atoms with van der Waals surface area (Å²) in [7, 11) is 0. The highest BCUT2D eigenvalue weighted by Crippen LogP contribution is 2.32. The lowest BCUT2D eigenvalue weighted by Gasteiger charge is -2.25. The fourth-order valence-corrected chi connectivity index (χ4v) is 3.58. The summed E-state index contributed by atoms with van der Waals surface area (Å²) in [5, 5.41) is 3.85. The van der Waals surface area contributed by atoms with Crippen LogP contribution in [0.2, 0.25) is 5.02 Å². The third kappa shape index (κ3) is 3.73. The van der Waals surface area contributed by atoms with E-state index in [1.807, 2.05) is 11.8 Å². The maximum atomic E-state index is 12.0. The molecular weight excluding hydrogens is 296 g/mol. The Morgan fingerprint density at radius 1 is 1.50 bits per heavy atom. The highest BCUT2D eigenvalue weighted by Gasteiger charge is 2.21. The van der Waals surface area contributed by atoms with Crippen LogP contribution in [0.15, 0.2) is 12.1 Å². The fraction of sp³-hybridized carbons (Fsp3) is 0.500. The Kier molecular flexibility index (Phi) is 5.43. The predicted octanol–water partition coefficient (Wildman–Crippen LogP) is 3.41. The lowest BCUT2D eigenvalue weighted by molar-refractivity contribution is 0.0527. The van der Waals surface area contributed by atoms with Crippen molar-refractivity contribution < 1.29 is 9.53 Å². The highest BCUT2D eigenvalue weighted by molar-refractivity contribution is 7.99. The summed E-state index contributed by atoms with van der Waals surface area (Å²) < 4.78 is 5.07. The van der Waals surface area contributed by atoms with E-state index >= 15 is 0 Å². The predicted molar refractivity (Wildman–Crippen MR) is 85.8 cm³/mol. The number of nitrogens with two attached hydrogens (primary N) is 1. The molecule has 1 aliphatic rings. The number of benzene rings is 1. The van der Waals surface area contributed by atoms with Gasteiger partial charge in [-0.3, -0.25) is 0 Å². The SMILES string of the molecule is CCOC(=O)c1cc(N)cc(Cl)c1NC1CCSCC1. The van der Waals surface area contributed by atoms with Gasteiger partial charge in [0, 0.05) is 11.7 Å². The first-order chi connectivity index (χ1) is 9.61. The molecule has 0 unspecified atom stereocenters. The lowest BCUT2D eigenvalue weighted by Crippen LogP contribution is -2.26. The van der Waals surface area contributed by atoms with Crippen LogP contribution in [0.4, 0.5) is 11.4 Å². The Balaban J connectivity index is 2.26. The summed E-state index contributed by atoms with van der Waals surface area (Å²) in [5.41, 5.74) is 7.28. The zero-order valence-electron chi connectivity index (χ0n) is 11.4.